The molecule has 0 aromatic heterocycles. The maximum atomic E-state index is 9.22. The Morgan fingerprint density at radius 2 is 2.00 bits per heavy atom. The number of halogens is 1. The van der Waals surface area contributed by atoms with Crippen LogP contribution in [0.3, 0.4) is 0 Å². The Balaban J connectivity index is 2.60. The number of nitrogens with zero attached hydrogens (tertiary/aromatic N) is 1. The number of nitriles is 1. The zero-order chi connectivity index (χ0) is 11.8. The van der Waals surface area contributed by atoms with E-state index in [0.29, 0.717) is 11.5 Å². The van der Waals surface area contributed by atoms with E-state index in [1.165, 1.54) is 0 Å². The van der Waals surface area contributed by atoms with Crippen LogP contribution in [0.25, 0.3) is 0 Å². The van der Waals surface area contributed by atoms with Gasteiger partial charge in [0.05, 0.1) is 25.7 Å². The molecule has 16 heavy (non-hydrogen) atoms. The van der Waals surface area contributed by atoms with E-state index in [4.69, 9.17) is 9.47 Å². The molecule has 1 aliphatic carbocycles. The summed E-state index contributed by atoms with van der Waals surface area (Å²) in [5.41, 5.74) is 0.548. The first-order valence-corrected chi connectivity index (χ1v) is 5.79. The van der Waals surface area contributed by atoms with Crippen molar-refractivity contribution in [2.75, 3.05) is 14.2 Å². The monoisotopic (exact) mass is 281 g/mol. The minimum Gasteiger partial charge on any atom is -0.493 e. The van der Waals surface area contributed by atoms with Crippen molar-refractivity contribution in [3.63, 3.8) is 0 Å². The number of rotatable bonds is 3. The fraction of sp³-hybridized carbons (Fsp3) is 0.417. The molecule has 0 atom stereocenters. The summed E-state index contributed by atoms with van der Waals surface area (Å²) in [5, 5.41) is 9.22. The third kappa shape index (κ3) is 1.65. The van der Waals surface area contributed by atoms with Crippen molar-refractivity contribution in [3.05, 3.63) is 22.2 Å². The van der Waals surface area contributed by atoms with E-state index in [1.807, 2.05) is 12.1 Å². The smallest absolute Gasteiger partial charge is 0.165 e. The molecule has 2 rings (SSSR count). The Hall–Kier alpha value is -1.21. The van der Waals surface area contributed by atoms with Gasteiger partial charge in [-0.15, -0.1) is 0 Å². The molecule has 0 heterocycles. The molecule has 1 aromatic carbocycles. The van der Waals surface area contributed by atoms with Crippen LogP contribution >= 0.6 is 15.9 Å². The Labute approximate surface area is 103 Å². The summed E-state index contributed by atoms with van der Waals surface area (Å²) >= 11 is 3.42. The fourth-order valence-corrected chi connectivity index (χ4v) is 2.29. The first-order valence-electron chi connectivity index (χ1n) is 5.00. The van der Waals surface area contributed by atoms with Gasteiger partial charge in [0.2, 0.25) is 0 Å². The molecule has 0 amide bonds. The number of ether oxygens (including phenoxy) is 2. The first-order chi connectivity index (χ1) is 7.66. The van der Waals surface area contributed by atoms with Crippen LogP contribution in [0.1, 0.15) is 18.4 Å². The number of benzene rings is 1. The lowest BCUT2D eigenvalue weighted by Gasteiger charge is -2.16. The van der Waals surface area contributed by atoms with E-state index < -0.39 is 0 Å². The molecule has 0 radical (unpaired) electrons. The molecular formula is C12H12BrNO2. The van der Waals surface area contributed by atoms with Crippen molar-refractivity contribution in [2.24, 2.45) is 0 Å². The molecule has 3 nitrogen and oxygen atoms in total. The summed E-state index contributed by atoms with van der Waals surface area (Å²) < 4.78 is 11.5. The summed E-state index contributed by atoms with van der Waals surface area (Å²) in [6.07, 6.45) is 1.78. The van der Waals surface area contributed by atoms with Gasteiger partial charge in [0.1, 0.15) is 0 Å². The van der Waals surface area contributed by atoms with Gasteiger partial charge < -0.3 is 9.47 Å². The van der Waals surface area contributed by atoms with Crippen LogP contribution in [0, 0.1) is 11.3 Å². The summed E-state index contributed by atoms with van der Waals surface area (Å²) in [5.74, 6) is 1.33. The molecular weight excluding hydrogens is 270 g/mol. The fourth-order valence-electron chi connectivity index (χ4n) is 1.85. The van der Waals surface area contributed by atoms with E-state index in [-0.39, 0.29) is 5.41 Å². The minimum absolute atomic E-state index is 0.373. The molecule has 1 saturated carbocycles. The van der Waals surface area contributed by atoms with Crippen molar-refractivity contribution in [1.82, 2.24) is 0 Å². The van der Waals surface area contributed by atoms with E-state index >= 15 is 0 Å². The highest BCUT2D eigenvalue weighted by molar-refractivity contribution is 9.10. The maximum Gasteiger partial charge on any atom is 0.165 e. The van der Waals surface area contributed by atoms with Gasteiger partial charge in [-0.3, -0.25) is 0 Å². The molecule has 0 aliphatic heterocycles. The van der Waals surface area contributed by atoms with Gasteiger partial charge in [0.15, 0.2) is 11.5 Å². The minimum atomic E-state index is -0.373. The summed E-state index contributed by atoms with van der Waals surface area (Å²) in [6.45, 7) is 0. The summed E-state index contributed by atoms with van der Waals surface area (Å²) in [6, 6.07) is 6.15. The third-order valence-electron chi connectivity index (χ3n) is 2.92. The van der Waals surface area contributed by atoms with Crippen molar-refractivity contribution in [1.29, 1.82) is 5.26 Å². The van der Waals surface area contributed by atoms with Crippen LogP contribution in [0.15, 0.2) is 16.6 Å². The van der Waals surface area contributed by atoms with Gasteiger partial charge in [0.25, 0.3) is 0 Å². The zero-order valence-corrected chi connectivity index (χ0v) is 10.8. The lowest BCUT2D eigenvalue weighted by atomic mass is 9.96. The number of hydrogen-bond donors (Lipinski definition) is 0. The Morgan fingerprint density at radius 3 is 2.44 bits per heavy atom. The lowest BCUT2D eigenvalue weighted by molar-refractivity contribution is 0.350. The van der Waals surface area contributed by atoms with Crippen LogP contribution in [0.2, 0.25) is 0 Å². The second kappa shape index (κ2) is 3.99. The van der Waals surface area contributed by atoms with E-state index in [2.05, 4.69) is 22.0 Å². The second-order valence-corrected chi connectivity index (χ2v) is 4.80. The molecule has 1 aliphatic rings. The van der Waals surface area contributed by atoms with Crippen LogP contribution in [0.5, 0.6) is 11.5 Å². The Kier molecular flexibility index (Phi) is 2.81. The maximum absolute atomic E-state index is 9.22. The standard InChI is InChI=1S/C12H12BrNO2/c1-15-10-6-8(13)5-9(11(10)16-2)12(7-14)3-4-12/h5-6H,3-4H2,1-2H3. The van der Waals surface area contributed by atoms with Gasteiger partial charge in [0, 0.05) is 10.0 Å². The van der Waals surface area contributed by atoms with Gasteiger partial charge in [-0.25, -0.2) is 0 Å². The number of methoxy groups -OCH3 is 2. The van der Waals surface area contributed by atoms with Crippen molar-refractivity contribution >= 4 is 15.9 Å². The molecule has 0 saturated heterocycles. The molecule has 1 fully saturated rings. The highest BCUT2D eigenvalue weighted by atomic mass is 79.9. The van der Waals surface area contributed by atoms with Crippen LogP contribution in [-0.4, -0.2) is 14.2 Å². The molecule has 0 bridgehead atoms. The van der Waals surface area contributed by atoms with Crippen molar-refractivity contribution < 1.29 is 9.47 Å². The predicted octanol–water partition coefficient (Wildman–Crippen LogP) is 3.02. The number of hydrogen-bond acceptors (Lipinski definition) is 3. The van der Waals surface area contributed by atoms with Gasteiger partial charge in [-0.2, -0.15) is 5.26 Å². The molecule has 1 aromatic rings. The van der Waals surface area contributed by atoms with E-state index in [9.17, 15) is 5.26 Å². The van der Waals surface area contributed by atoms with Gasteiger partial charge >= 0.3 is 0 Å². The summed E-state index contributed by atoms with van der Waals surface area (Å²) in [7, 11) is 3.20. The Morgan fingerprint density at radius 1 is 1.31 bits per heavy atom. The molecule has 84 valence electrons. The third-order valence-corrected chi connectivity index (χ3v) is 3.38. The van der Waals surface area contributed by atoms with Crippen LogP contribution in [-0.2, 0) is 5.41 Å². The first kappa shape index (κ1) is 11.3. The second-order valence-electron chi connectivity index (χ2n) is 3.88. The van der Waals surface area contributed by atoms with Gasteiger partial charge in [-0.05, 0) is 25.0 Å². The average Bonchev–Trinajstić information content (AvgIpc) is 3.08. The quantitative estimate of drug-likeness (QED) is 0.855. The molecule has 0 N–H and O–H groups in total. The predicted molar refractivity (Wildman–Crippen MR) is 63.8 cm³/mol. The SMILES string of the molecule is COc1cc(Br)cc(C2(C#N)CC2)c1OC. The molecule has 0 spiro atoms. The normalized spacial score (nSPS) is 16.4. The van der Waals surface area contributed by atoms with Crippen LogP contribution < -0.4 is 9.47 Å². The Bertz CT molecular complexity index is 461. The highest BCUT2D eigenvalue weighted by Crippen LogP contribution is 2.53. The van der Waals surface area contributed by atoms with Gasteiger partial charge in [-0.1, -0.05) is 15.9 Å². The molecule has 0 unspecified atom stereocenters. The zero-order valence-electron chi connectivity index (χ0n) is 9.21. The topological polar surface area (TPSA) is 42.2 Å². The molecule has 4 heteroatoms. The van der Waals surface area contributed by atoms with Crippen molar-refractivity contribution in [3.8, 4) is 17.6 Å². The largest absolute Gasteiger partial charge is 0.493 e. The lowest BCUT2D eigenvalue weighted by Crippen LogP contribution is -2.06. The average molecular weight is 282 g/mol. The highest BCUT2D eigenvalue weighted by Gasteiger charge is 2.47. The van der Waals surface area contributed by atoms with E-state index in [1.54, 1.807) is 14.2 Å². The van der Waals surface area contributed by atoms with Crippen molar-refractivity contribution in [2.45, 2.75) is 18.3 Å². The van der Waals surface area contributed by atoms with E-state index in [0.717, 1.165) is 22.9 Å². The summed E-state index contributed by atoms with van der Waals surface area (Å²) in [4.78, 5) is 0. The van der Waals surface area contributed by atoms with Crippen LogP contribution in [0.4, 0.5) is 0 Å².